The Kier molecular flexibility index (Phi) is 3.02. The highest BCUT2D eigenvalue weighted by Crippen LogP contribution is 2.15. The van der Waals surface area contributed by atoms with E-state index in [2.05, 4.69) is 5.32 Å². The van der Waals surface area contributed by atoms with Crippen molar-refractivity contribution in [1.29, 1.82) is 0 Å². The standard InChI is InChI=1S/C6H11NO2S/c8-6(9)3-5-4-7-1-2-10-5/h5,7H,1-4H2,(H,8,9). The third-order valence-corrected chi connectivity index (χ3v) is 2.65. The van der Waals surface area contributed by atoms with Crippen LogP contribution in [0, 0.1) is 0 Å². The molecule has 1 aliphatic heterocycles. The number of carbonyl (C=O) groups is 1. The molecule has 1 fully saturated rings. The van der Waals surface area contributed by atoms with Crippen molar-refractivity contribution < 1.29 is 9.90 Å². The summed E-state index contributed by atoms with van der Waals surface area (Å²) < 4.78 is 0. The predicted octanol–water partition coefficient (Wildman–Crippen LogP) is 0.166. The first kappa shape index (κ1) is 7.88. The molecule has 1 heterocycles. The number of carboxylic acid groups (broad SMARTS) is 1. The number of carboxylic acids is 1. The Morgan fingerprint density at radius 1 is 1.80 bits per heavy atom. The van der Waals surface area contributed by atoms with Crippen LogP contribution in [0.1, 0.15) is 6.42 Å². The second-order valence-corrected chi connectivity index (χ2v) is 3.70. The molecule has 10 heavy (non-hydrogen) atoms. The van der Waals surface area contributed by atoms with Crippen molar-refractivity contribution in [2.45, 2.75) is 11.7 Å². The summed E-state index contributed by atoms with van der Waals surface area (Å²) in [6.07, 6.45) is 0.289. The zero-order chi connectivity index (χ0) is 7.40. The molecule has 3 nitrogen and oxygen atoms in total. The van der Waals surface area contributed by atoms with E-state index < -0.39 is 5.97 Å². The van der Waals surface area contributed by atoms with E-state index in [9.17, 15) is 4.79 Å². The molecule has 1 unspecified atom stereocenters. The van der Waals surface area contributed by atoms with Gasteiger partial charge in [-0.15, -0.1) is 0 Å². The predicted molar refractivity (Wildman–Crippen MR) is 41.4 cm³/mol. The van der Waals surface area contributed by atoms with Crippen LogP contribution >= 0.6 is 11.8 Å². The largest absolute Gasteiger partial charge is 0.481 e. The first-order chi connectivity index (χ1) is 4.79. The van der Waals surface area contributed by atoms with E-state index in [0.29, 0.717) is 0 Å². The summed E-state index contributed by atoms with van der Waals surface area (Å²) >= 11 is 1.75. The highest BCUT2D eigenvalue weighted by atomic mass is 32.2. The molecular formula is C6H11NO2S. The summed E-state index contributed by atoms with van der Waals surface area (Å²) in [6, 6.07) is 0. The third-order valence-electron chi connectivity index (χ3n) is 1.41. The summed E-state index contributed by atoms with van der Waals surface area (Å²) in [7, 11) is 0. The molecule has 0 amide bonds. The molecular weight excluding hydrogens is 150 g/mol. The van der Waals surface area contributed by atoms with Crippen LogP contribution in [0.5, 0.6) is 0 Å². The summed E-state index contributed by atoms with van der Waals surface area (Å²) in [4.78, 5) is 10.2. The van der Waals surface area contributed by atoms with Gasteiger partial charge in [-0.1, -0.05) is 0 Å². The van der Waals surface area contributed by atoms with Crippen molar-refractivity contribution in [3.05, 3.63) is 0 Å². The van der Waals surface area contributed by atoms with E-state index in [1.54, 1.807) is 11.8 Å². The SMILES string of the molecule is O=C(O)CC1CNCCS1. The molecule has 0 radical (unpaired) electrons. The molecule has 1 atom stereocenters. The van der Waals surface area contributed by atoms with Crippen LogP contribution in [0.25, 0.3) is 0 Å². The number of rotatable bonds is 2. The van der Waals surface area contributed by atoms with Gasteiger partial charge in [-0.05, 0) is 0 Å². The van der Waals surface area contributed by atoms with E-state index in [4.69, 9.17) is 5.11 Å². The molecule has 1 aliphatic rings. The molecule has 4 heteroatoms. The molecule has 0 saturated carbocycles. The third kappa shape index (κ3) is 2.58. The van der Waals surface area contributed by atoms with Gasteiger partial charge in [0.15, 0.2) is 0 Å². The molecule has 0 spiro atoms. The van der Waals surface area contributed by atoms with Gasteiger partial charge in [0.2, 0.25) is 0 Å². The van der Waals surface area contributed by atoms with Crippen LogP contribution < -0.4 is 5.32 Å². The fourth-order valence-electron chi connectivity index (χ4n) is 0.946. The summed E-state index contributed by atoms with van der Waals surface area (Å²) in [5.41, 5.74) is 0. The Bertz CT molecular complexity index is 123. The average Bonchev–Trinajstić information content (AvgIpc) is 1.88. The van der Waals surface area contributed by atoms with Crippen molar-refractivity contribution in [1.82, 2.24) is 5.32 Å². The van der Waals surface area contributed by atoms with E-state index in [0.717, 1.165) is 18.8 Å². The fourth-order valence-corrected chi connectivity index (χ4v) is 2.04. The second-order valence-electron chi connectivity index (χ2n) is 2.29. The van der Waals surface area contributed by atoms with Gasteiger partial charge in [-0.3, -0.25) is 4.79 Å². The van der Waals surface area contributed by atoms with Crippen molar-refractivity contribution in [2.24, 2.45) is 0 Å². The van der Waals surface area contributed by atoms with E-state index in [1.807, 2.05) is 0 Å². The quantitative estimate of drug-likeness (QED) is 0.606. The van der Waals surface area contributed by atoms with E-state index >= 15 is 0 Å². The van der Waals surface area contributed by atoms with Crippen LogP contribution in [0.15, 0.2) is 0 Å². The Morgan fingerprint density at radius 2 is 2.60 bits per heavy atom. The number of hydrogen-bond donors (Lipinski definition) is 2. The lowest BCUT2D eigenvalue weighted by Gasteiger charge is -2.20. The lowest BCUT2D eigenvalue weighted by Crippen LogP contribution is -2.33. The first-order valence-corrected chi connectivity index (χ1v) is 4.38. The topological polar surface area (TPSA) is 49.3 Å². The maximum atomic E-state index is 10.2. The number of aliphatic carboxylic acids is 1. The van der Waals surface area contributed by atoms with Crippen molar-refractivity contribution in [3.8, 4) is 0 Å². The van der Waals surface area contributed by atoms with Gasteiger partial charge in [0.25, 0.3) is 0 Å². The fraction of sp³-hybridized carbons (Fsp3) is 0.833. The minimum absolute atomic E-state index is 0.284. The van der Waals surface area contributed by atoms with Gasteiger partial charge >= 0.3 is 5.97 Å². The van der Waals surface area contributed by atoms with Gasteiger partial charge in [-0.25, -0.2) is 0 Å². The van der Waals surface area contributed by atoms with Crippen molar-refractivity contribution in [2.75, 3.05) is 18.8 Å². The summed E-state index contributed by atoms with van der Waals surface area (Å²) in [6.45, 7) is 1.86. The first-order valence-electron chi connectivity index (χ1n) is 3.33. The minimum Gasteiger partial charge on any atom is -0.481 e. The average molecular weight is 161 g/mol. The number of nitrogens with one attached hydrogen (secondary N) is 1. The van der Waals surface area contributed by atoms with Gasteiger partial charge in [-0.2, -0.15) is 11.8 Å². The maximum Gasteiger partial charge on any atom is 0.304 e. The smallest absolute Gasteiger partial charge is 0.304 e. The van der Waals surface area contributed by atoms with Crippen LogP contribution in [-0.4, -0.2) is 35.2 Å². The molecule has 0 aromatic carbocycles. The zero-order valence-corrected chi connectivity index (χ0v) is 6.49. The molecule has 0 aromatic rings. The van der Waals surface area contributed by atoms with Crippen molar-refractivity contribution >= 4 is 17.7 Å². The van der Waals surface area contributed by atoms with Gasteiger partial charge < -0.3 is 10.4 Å². The maximum absolute atomic E-state index is 10.2. The van der Waals surface area contributed by atoms with Crippen LogP contribution in [0.3, 0.4) is 0 Å². The molecule has 0 bridgehead atoms. The Labute approximate surface area is 64.2 Å². The molecule has 2 N–H and O–H groups in total. The summed E-state index contributed by atoms with van der Waals surface area (Å²) in [5.74, 6) is 0.346. The normalized spacial score (nSPS) is 26.2. The van der Waals surface area contributed by atoms with Gasteiger partial charge in [0.1, 0.15) is 0 Å². The number of hydrogen-bond acceptors (Lipinski definition) is 3. The molecule has 58 valence electrons. The monoisotopic (exact) mass is 161 g/mol. The Hall–Kier alpha value is -0.220. The highest BCUT2D eigenvalue weighted by molar-refractivity contribution is 8.00. The molecule has 1 rings (SSSR count). The molecule has 0 aliphatic carbocycles. The molecule has 1 saturated heterocycles. The molecule has 0 aromatic heterocycles. The lowest BCUT2D eigenvalue weighted by atomic mass is 10.3. The Balaban J connectivity index is 2.19. The van der Waals surface area contributed by atoms with Crippen LogP contribution in [0.4, 0.5) is 0 Å². The van der Waals surface area contributed by atoms with Crippen LogP contribution in [-0.2, 0) is 4.79 Å². The lowest BCUT2D eigenvalue weighted by molar-refractivity contribution is -0.136. The Morgan fingerprint density at radius 3 is 3.10 bits per heavy atom. The minimum atomic E-state index is -0.693. The zero-order valence-electron chi connectivity index (χ0n) is 5.67. The highest BCUT2D eigenvalue weighted by Gasteiger charge is 2.15. The van der Waals surface area contributed by atoms with E-state index in [1.165, 1.54) is 0 Å². The van der Waals surface area contributed by atoms with Crippen LogP contribution in [0.2, 0.25) is 0 Å². The van der Waals surface area contributed by atoms with Crippen molar-refractivity contribution in [3.63, 3.8) is 0 Å². The second kappa shape index (κ2) is 3.83. The van der Waals surface area contributed by atoms with E-state index in [-0.39, 0.29) is 11.7 Å². The summed E-state index contributed by atoms with van der Waals surface area (Å²) in [5, 5.41) is 11.9. The number of thioether (sulfide) groups is 1. The van der Waals surface area contributed by atoms with Gasteiger partial charge in [0, 0.05) is 24.1 Å². The van der Waals surface area contributed by atoms with Gasteiger partial charge in [0.05, 0.1) is 6.42 Å².